The Hall–Kier alpha value is -2.81. The van der Waals surface area contributed by atoms with Crippen LogP contribution >= 0.6 is 0 Å². The average molecular weight is 276 g/mol. The lowest BCUT2D eigenvalue weighted by molar-refractivity contribution is -0.439. The second-order valence-corrected chi connectivity index (χ2v) is 4.75. The van der Waals surface area contributed by atoms with Crippen LogP contribution in [0.2, 0.25) is 0 Å². The molecule has 3 rings (SSSR count). The first-order chi connectivity index (χ1) is 10.3. The van der Waals surface area contributed by atoms with Gasteiger partial charge in [0.1, 0.15) is 0 Å². The van der Waals surface area contributed by atoms with E-state index in [1.54, 1.807) is 6.21 Å². The van der Waals surface area contributed by atoms with Gasteiger partial charge in [-0.25, -0.2) is 4.74 Å². The quantitative estimate of drug-likeness (QED) is 0.629. The molecule has 1 aliphatic heterocycles. The number of hydroxylamine groups is 1. The summed E-state index contributed by atoms with van der Waals surface area (Å²) in [6, 6.07) is 20.3. The third-order valence-corrected chi connectivity index (χ3v) is 3.27. The van der Waals surface area contributed by atoms with Crippen molar-refractivity contribution in [2.75, 3.05) is 11.4 Å². The molecule has 0 N–H and O–H groups in total. The van der Waals surface area contributed by atoms with E-state index in [-0.39, 0.29) is 0 Å². The maximum absolute atomic E-state index is 11.5. The Morgan fingerprint density at radius 3 is 2.00 bits per heavy atom. The molecule has 1 heterocycles. The van der Waals surface area contributed by atoms with Crippen molar-refractivity contribution in [1.29, 1.82) is 0 Å². The number of hydrogen-bond donors (Lipinski definition) is 0. The fourth-order valence-corrected chi connectivity index (χ4v) is 2.30. The topological polar surface area (TPSA) is 29.3 Å². The summed E-state index contributed by atoms with van der Waals surface area (Å²) in [6.07, 6.45) is 7.26. The number of rotatable bonds is 3. The van der Waals surface area contributed by atoms with Crippen LogP contribution in [0.3, 0.4) is 0 Å². The number of benzene rings is 2. The molecular formula is C18H16N2O. The molecule has 21 heavy (non-hydrogen) atoms. The Balaban J connectivity index is 2.09. The molecule has 0 fully saturated rings. The molecule has 0 amide bonds. The van der Waals surface area contributed by atoms with E-state index < -0.39 is 0 Å². The lowest BCUT2D eigenvalue weighted by Gasteiger charge is -2.25. The predicted molar refractivity (Wildman–Crippen MR) is 86.8 cm³/mol. The van der Waals surface area contributed by atoms with E-state index in [4.69, 9.17) is 0 Å². The van der Waals surface area contributed by atoms with Crippen molar-refractivity contribution < 1.29 is 4.74 Å². The summed E-state index contributed by atoms with van der Waals surface area (Å²) in [5.41, 5.74) is 3.09. The van der Waals surface area contributed by atoms with Crippen LogP contribution in [0.5, 0.6) is 0 Å². The Kier molecular flexibility index (Phi) is 3.83. The van der Waals surface area contributed by atoms with E-state index in [0.29, 0.717) is 6.54 Å². The van der Waals surface area contributed by atoms with Gasteiger partial charge in [0, 0.05) is 17.5 Å². The summed E-state index contributed by atoms with van der Waals surface area (Å²) in [7, 11) is 0. The fourth-order valence-electron chi connectivity index (χ4n) is 2.30. The predicted octanol–water partition coefficient (Wildman–Crippen LogP) is 3.86. The monoisotopic (exact) mass is 276 g/mol. The summed E-state index contributed by atoms with van der Waals surface area (Å²) in [4.78, 5) is 2.13. The number of anilines is 2. The largest absolute Gasteiger partial charge is 0.624 e. The van der Waals surface area contributed by atoms with Gasteiger partial charge in [0.15, 0.2) is 12.8 Å². The maximum Gasteiger partial charge on any atom is 0.176 e. The maximum atomic E-state index is 11.5. The smallest absolute Gasteiger partial charge is 0.176 e. The third kappa shape index (κ3) is 3.03. The van der Waals surface area contributed by atoms with Crippen molar-refractivity contribution in [2.45, 2.75) is 0 Å². The van der Waals surface area contributed by atoms with Gasteiger partial charge in [-0.05, 0) is 36.4 Å². The standard InChI is InChI=1S/C18H16N2O/c21-19-14-7-12-18(13-15-19)20(16-8-3-1-4-9-16)17-10-5-2-6-11-17/h1-13,15H,14H2. The van der Waals surface area contributed by atoms with Gasteiger partial charge in [0.25, 0.3) is 0 Å². The highest BCUT2D eigenvalue weighted by Crippen LogP contribution is 2.30. The number of nitrogens with zero attached hydrogens (tertiary/aromatic N) is 2. The zero-order valence-corrected chi connectivity index (χ0v) is 11.6. The molecule has 3 nitrogen and oxygen atoms in total. The van der Waals surface area contributed by atoms with E-state index >= 15 is 0 Å². The van der Waals surface area contributed by atoms with Gasteiger partial charge < -0.3 is 10.1 Å². The Morgan fingerprint density at radius 2 is 1.43 bits per heavy atom. The third-order valence-electron chi connectivity index (χ3n) is 3.27. The first-order valence-electron chi connectivity index (χ1n) is 6.90. The molecule has 0 aliphatic carbocycles. The van der Waals surface area contributed by atoms with Crippen molar-refractivity contribution in [1.82, 2.24) is 0 Å². The highest BCUT2D eigenvalue weighted by Gasteiger charge is 2.13. The van der Waals surface area contributed by atoms with Crippen molar-refractivity contribution in [3.63, 3.8) is 0 Å². The van der Waals surface area contributed by atoms with Crippen LogP contribution in [-0.2, 0) is 0 Å². The van der Waals surface area contributed by atoms with E-state index in [1.807, 2.05) is 54.6 Å². The van der Waals surface area contributed by atoms with Crippen LogP contribution in [0, 0.1) is 5.21 Å². The lowest BCUT2D eigenvalue weighted by atomic mass is 10.2. The summed E-state index contributed by atoms with van der Waals surface area (Å²) < 4.78 is 0.914. The highest BCUT2D eigenvalue weighted by atomic mass is 16.5. The van der Waals surface area contributed by atoms with Crippen molar-refractivity contribution in [3.05, 3.63) is 89.8 Å². The molecular weight excluding hydrogens is 260 g/mol. The SMILES string of the molecule is [O-][N+]1=CC=C(N(c2ccccc2)c2ccccc2)C=CC1. The number of allylic oxidation sites excluding steroid dienone is 2. The molecule has 2 aromatic carbocycles. The molecule has 2 aromatic rings. The van der Waals surface area contributed by atoms with Crippen LogP contribution in [-0.4, -0.2) is 17.5 Å². The van der Waals surface area contributed by atoms with E-state index in [2.05, 4.69) is 29.2 Å². The Labute approximate surface area is 124 Å². The van der Waals surface area contributed by atoms with E-state index in [0.717, 1.165) is 21.8 Å². The minimum atomic E-state index is 0.372. The first-order valence-corrected chi connectivity index (χ1v) is 6.90. The van der Waals surface area contributed by atoms with Crippen LogP contribution in [0.1, 0.15) is 0 Å². The van der Waals surface area contributed by atoms with Crippen molar-refractivity contribution >= 4 is 17.6 Å². The molecule has 0 radical (unpaired) electrons. The summed E-state index contributed by atoms with van der Waals surface area (Å²) in [6.45, 7) is 0.372. The minimum absolute atomic E-state index is 0.372. The van der Waals surface area contributed by atoms with Gasteiger partial charge in [0.05, 0.1) is 5.70 Å². The molecule has 3 heteroatoms. The summed E-state index contributed by atoms with van der Waals surface area (Å²) in [5, 5.41) is 11.5. The molecule has 0 saturated carbocycles. The van der Waals surface area contributed by atoms with Crippen molar-refractivity contribution in [2.24, 2.45) is 0 Å². The van der Waals surface area contributed by atoms with Gasteiger partial charge in [-0.1, -0.05) is 36.4 Å². The molecule has 0 saturated heterocycles. The molecule has 104 valence electrons. The zero-order chi connectivity index (χ0) is 14.5. The molecule has 0 bridgehead atoms. The Bertz CT molecular complexity index is 648. The molecule has 0 spiro atoms. The normalized spacial score (nSPS) is 14.1. The molecule has 0 aromatic heterocycles. The van der Waals surface area contributed by atoms with Crippen LogP contribution in [0.25, 0.3) is 0 Å². The summed E-state index contributed by atoms with van der Waals surface area (Å²) in [5.74, 6) is 0. The molecule has 0 atom stereocenters. The van der Waals surface area contributed by atoms with E-state index in [9.17, 15) is 5.21 Å². The zero-order valence-electron chi connectivity index (χ0n) is 11.6. The van der Waals surface area contributed by atoms with Gasteiger partial charge in [0.2, 0.25) is 0 Å². The van der Waals surface area contributed by atoms with Gasteiger partial charge >= 0.3 is 0 Å². The fraction of sp³-hybridized carbons (Fsp3) is 0.0556. The molecule has 0 unspecified atom stereocenters. The lowest BCUT2D eigenvalue weighted by Crippen LogP contribution is -2.15. The first kappa shape index (κ1) is 13.2. The average Bonchev–Trinajstić information content (AvgIpc) is 2.75. The Morgan fingerprint density at radius 1 is 0.857 bits per heavy atom. The van der Waals surface area contributed by atoms with Gasteiger partial charge in [-0.15, -0.1) is 0 Å². The van der Waals surface area contributed by atoms with Crippen LogP contribution in [0.4, 0.5) is 11.4 Å². The summed E-state index contributed by atoms with van der Waals surface area (Å²) >= 11 is 0. The second kappa shape index (κ2) is 6.09. The van der Waals surface area contributed by atoms with Gasteiger partial charge in [-0.2, -0.15) is 0 Å². The molecule has 1 aliphatic rings. The van der Waals surface area contributed by atoms with Crippen molar-refractivity contribution in [3.8, 4) is 0 Å². The van der Waals surface area contributed by atoms with Crippen LogP contribution in [0.15, 0.2) is 84.6 Å². The second-order valence-electron chi connectivity index (χ2n) is 4.75. The highest BCUT2D eigenvalue weighted by molar-refractivity contribution is 5.77. The van der Waals surface area contributed by atoms with E-state index in [1.165, 1.54) is 0 Å². The van der Waals surface area contributed by atoms with Crippen LogP contribution < -0.4 is 4.90 Å². The minimum Gasteiger partial charge on any atom is -0.624 e. The number of para-hydroxylation sites is 2. The number of hydrogen-bond acceptors (Lipinski definition) is 2. The van der Waals surface area contributed by atoms with Gasteiger partial charge in [-0.3, -0.25) is 0 Å².